The lowest BCUT2D eigenvalue weighted by Crippen LogP contribution is -2.40. The Bertz CT molecular complexity index is 1570. The van der Waals surface area contributed by atoms with E-state index in [1.54, 1.807) is 24.5 Å². The molecular weight excluding hydrogens is 507 g/mol. The number of amides is 1. The summed E-state index contributed by atoms with van der Waals surface area (Å²) in [6.45, 7) is 6.61. The molecule has 0 unspecified atom stereocenters. The molecule has 38 heavy (non-hydrogen) atoms. The van der Waals surface area contributed by atoms with Gasteiger partial charge in [0.2, 0.25) is 0 Å². The van der Waals surface area contributed by atoms with Crippen molar-refractivity contribution >= 4 is 34.4 Å². The van der Waals surface area contributed by atoms with E-state index in [0.29, 0.717) is 47.0 Å². The molecule has 194 valence electrons. The van der Waals surface area contributed by atoms with Crippen LogP contribution in [0.3, 0.4) is 0 Å². The number of fused-ring (bicyclic) bond motifs is 1. The van der Waals surface area contributed by atoms with E-state index in [1.165, 1.54) is 12.1 Å². The highest BCUT2D eigenvalue weighted by Gasteiger charge is 2.30. The third kappa shape index (κ3) is 5.13. The van der Waals surface area contributed by atoms with Crippen molar-refractivity contribution in [2.75, 3.05) is 18.0 Å². The highest BCUT2D eigenvalue weighted by molar-refractivity contribution is 6.35. The first kappa shape index (κ1) is 25.5. The Kier molecular flexibility index (Phi) is 6.67. The molecule has 1 aliphatic rings. The first-order valence-corrected chi connectivity index (χ1v) is 12.6. The molecule has 0 radical (unpaired) electrons. The molecule has 4 aromatic rings. The molecular formula is C28H26ClFN6O2. The van der Waals surface area contributed by atoms with Crippen LogP contribution >= 0.6 is 11.6 Å². The Morgan fingerprint density at radius 2 is 2.05 bits per heavy atom. The summed E-state index contributed by atoms with van der Waals surface area (Å²) in [6, 6.07) is 11.7. The third-order valence-corrected chi connectivity index (χ3v) is 6.56. The lowest BCUT2D eigenvalue weighted by Gasteiger charge is -2.25. The van der Waals surface area contributed by atoms with E-state index in [9.17, 15) is 14.4 Å². The summed E-state index contributed by atoms with van der Waals surface area (Å²) in [7, 11) is 0. The highest BCUT2D eigenvalue weighted by atomic mass is 35.5. The number of pyridine rings is 1. The molecule has 0 saturated carbocycles. The zero-order chi connectivity index (χ0) is 27.0. The van der Waals surface area contributed by atoms with Crippen LogP contribution in [0.2, 0.25) is 5.02 Å². The summed E-state index contributed by atoms with van der Waals surface area (Å²) in [5, 5.41) is 12.9. The first-order valence-electron chi connectivity index (χ1n) is 12.2. The van der Waals surface area contributed by atoms with E-state index in [-0.39, 0.29) is 11.6 Å². The number of alkyl carbamates (subject to hydrolysis) is 1. The van der Waals surface area contributed by atoms with Gasteiger partial charge in [0, 0.05) is 31.0 Å². The molecule has 8 nitrogen and oxygen atoms in total. The molecule has 2 aromatic heterocycles. The number of para-hydroxylation sites is 1. The number of rotatable bonds is 4. The zero-order valence-corrected chi connectivity index (χ0v) is 21.9. The summed E-state index contributed by atoms with van der Waals surface area (Å²) < 4.78 is 19.6. The van der Waals surface area contributed by atoms with Gasteiger partial charge in [-0.25, -0.2) is 14.2 Å². The maximum Gasteiger partial charge on any atom is 0.407 e. The van der Waals surface area contributed by atoms with Crippen molar-refractivity contribution in [1.82, 2.24) is 20.3 Å². The van der Waals surface area contributed by atoms with Gasteiger partial charge in [-0.1, -0.05) is 23.7 Å². The number of hydrogen-bond acceptors (Lipinski definition) is 6. The molecule has 0 spiro atoms. The Morgan fingerprint density at radius 1 is 1.26 bits per heavy atom. The van der Waals surface area contributed by atoms with Gasteiger partial charge in [0.25, 0.3) is 0 Å². The van der Waals surface area contributed by atoms with Crippen LogP contribution in [-0.4, -0.2) is 45.8 Å². The average molecular weight is 533 g/mol. The second-order valence-corrected chi connectivity index (χ2v) is 10.6. The molecule has 10 heteroatoms. The normalized spacial score (nSPS) is 15.5. The van der Waals surface area contributed by atoms with Gasteiger partial charge in [-0.15, -0.1) is 0 Å². The van der Waals surface area contributed by atoms with Crippen molar-refractivity contribution in [3.05, 3.63) is 65.2 Å². The molecule has 1 amide bonds. The maximum atomic E-state index is 14.1. The number of imidazole rings is 1. The Morgan fingerprint density at radius 3 is 2.79 bits per heavy atom. The number of aromatic amines is 1. The summed E-state index contributed by atoms with van der Waals surface area (Å²) in [6.07, 6.45) is 3.63. The molecule has 0 bridgehead atoms. The second-order valence-electron chi connectivity index (χ2n) is 10.2. The van der Waals surface area contributed by atoms with Crippen LogP contribution < -0.4 is 10.2 Å². The highest BCUT2D eigenvalue weighted by Crippen LogP contribution is 2.40. The van der Waals surface area contributed by atoms with Crippen LogP contribution in [0.5, 0.6) is 0 Å². The van der Waals surface area contributed by atoms with Gasteiger partial charge in [0.15, 0.2) is 0 Å². The van der Waals surface area contributed by atoms with Crippen molar-refractivity contribution in [2.24, 2.45) is 0 Å². The maximum absolute atomic E-state index is 14.1. The molecule has 1 saturated heterocycles. The minimum absolute atomic E-state index is 0.0553. The van der Waals surface area contributed by atoms with Crippen LogP contribution in [0.15, 0.2) is 48.8 Å². The molecule has 1 fully saturated rings. The molecule has 2 aromatic carbocycles. The summed E-state index contributed by atoms with van der Waals surface area (Å²) in [4.78, 5) is 27.1. The molecule has 5 rings (SSSR count). The number of carbonyl (C=O) groups excluding carboxylic acids is 1. The number of nitriles is 1. The smallest absolute Gasteiger partial charge is 0.407 e. The van der Waals surface area contributed by atoms with E-state index >= 15 is 0 Å². The fourth-order valence-electron chi connectivity index (χ4n) is 4.64. The van der Waals surface area contributed by atoms with Gasteiger partial charge in [0.1, 0.15) is 28.8 Å². The minimum atomic E-state index is -0.600. The number of hydrogen-bond donors (Lipinski definition) is 2. The average Bonchev–Trinajstić information content (AvgIpc) is 3.50. The van der Waals surface area contributed by atoms with Gasteiger partial charge in [-0.2, -0.15) is 5.26 Å². The quantitative estimate of drug-likeness (QED) is 0.331. The molecule has 3 heterocycles. The van der Waals surface area contributed by atoms with Gasteiger partial charge in [0.05, 0.1) is 33.4 Å². The van der Waals surface area contributed by atoms with E-state index in [1.807, 2.05) is 39.0 Å². The van der Waals surface area contributed by atoms with Crippen molar-refractivity contribution in [2.45, 2.75) is 38.8 Å². The number of anilines is 1. The number of carbonyl (C=O) groups is 1. The van der Waals surface area contributed by atoms with Gasteiger partial charge in [-0.3, -0.25) is 4.98 Å². The SMILES string of the molecule is CC(C)(C)OC(=O)N[C@H]1CCN(c2c(-c3ccc(F)c(C#N)c3)cncc2-c2nc3c(Cl)cccc3[nH]2)C1. The topological polar surface area (TPSA) is 107 Å². The predicted octanol–water partition coefficient (Wildman–Crippen LogP) is 6.06. The third-order valence-electron chi connectivity index (χ3n) is 6.26. The van der Waals surface area contributed by atoms with Crippen LogP contribution in [0.25, 0.3) is 33.5 Å². The van der Waals surface area contributed by atoms with Crippen LogP contribution in [-0.2, 0) is 4.74 Å². The standard InChI is InChI=1S/C28H26ClFN6O2/c1-28(2,3)38-27(37)33-18-9-10-36(15-18)25-19(16-7-8-22(30)17(11-16)12-31)13-32-14-20(25)26-34-23-6-4-5-21(29)24(23)35-26/h4-8,11,13-14,18H,9-10,15H2,1-3H3,(H,33,37)(H,34,35)/t18-/m0/s1. The van der Waals surface area contributed by atoms with Crippen molar-refractivity contribution < 1.29 is 13.9 Å². The van der Waals surface area contributed by atoms with Crippen LogP contribution in [0.4, 0.5) is 14.9 Å². The Hall–Kier alpha value is -4.16. The van der Waals surface area contributed by atoms with Crippen molar-refractivity contribution in [1.29, 1.82) is 5.26 Å². The lowest BCUT2D eigenvalue weighted by molar-refractivity contribution is 0.0509. The monoisotopic (exact) mass is 532 g/mol. The van der Waals surface area contributed by atoms with Crippen LogP contribution in [0, 0.1) is 17.1 Å². The summed E-state index contributed by atoms with van der Waals surface area (Å²) >= 11 is 6.39. The van der Waals surface area contributed by atoms with E-state index in [4.69, 9.17) is 21.3 Å². The predicted molar refractivity (Wildman–Crippen MR) is 144 cm³/mol. The Labute approximate surface area is 224 Å². The number of nitrogens with zero attached hydrogens (tertiary/aromatic N) is 4. The van der Waals surface area contributed by atoms with E-state index in [2.05, 4.69) is 20.2 Å². The minimum Gasteiger partial charge on any atom is -0.444 e. The van der Waals surface area contributed by atoms with Gasteiger partial charge < -0.3 is 19.9 Å². The Balaban J connectivity index is 1.58. The van der Waals surface area contributed by atoms with Crippen molar-refractivity contribution in [3.8, 4) is 28.6 Å². The summed E-state index contributed by atoms with van der Waals surface area (Å²) in [5.74, 6) is -0.0137. The summed E-state index contributed by atoms with van der Waals surface area (Å²) in [5.41, 5.74) is 3.64. The molecule has 0 aliphatic carbocycles. The number of aromatic nitrogens is 3. The van der Waals surface area contributed by atoms with Crippen LogP contribution in [0.1, 0.15) is 32.8 Å². The second kappa shape index (κ2) is 9.95. The van der Waals surface area contributed by atoms with Gasteiger partial charge >= 0.3 is 6.09 Å². The zero-order valence-electron chi connectivity index (χ0n) is 21.2. The van der Waals surface area contributed by atoms with Gasteiger partial charge in [-0.05, 0) is 57.0 Å². The largest absolute Gasteiger partial charge is 0.444 e. The molecule has 2 N–H and O–H groups in total. The molecule has 1 aliphatic heterocycles. The number of benzene rings is 2. The van der Waals surface area contributed by atoms with E-state index in [0.717, 1.165) is 16.8 Å². The first-order chi connectivity index (χ1) is 18.1. The lowest BCUT2D eigenvalue weighted by atomic mass is 9.99. The number of H-pyrrole nitrogens is 1. The number of halogens is 2. The fourth-order valence-corrected chi connectivity index (χ4v) is 4.85. The van der Waals surface area contributed by atoms with E-state index < -0.39 is 17.5 Å². The van der Waals surface area contributed by atoms with Crippen molar-refractivity contribution in [3.63, 3.8) is 0 Å². The molecule has 1 atom stereocenters. The fraction of sp³-hybridized carbons (Fsp3) is 0.286. The number of ether oxygens (including phenoxy) is 1. The number of nitrogens with one attached hydrogen (secondary N) is 2.